The van der Waals surface area contributed by atoms with Crippen LogP contribution < -0.4 is 4.90 Å². The minimum atomic E-state index is -1.34. The van der Waals surface area contributed by atoms with E-state index in [0.29, 0.717) is 19.3 Å². The summed E-state index contributed by atoms with van der Waals surface area (Å²) in [6, 6.07) is 8.59. The van der Waals surface area contributed by atoms with Crippen molar-refractivity contribution < 1.29 is 33.4 Å². The fourth-order valence-corrected chi connectivity index (χ4v) is 8.26. The van der Waals surface area contributed by atoms with Gasteiger partial charge in [-0.2, -0.15) is 0 Å². The van der Waals surface area contributed by atoms with Gasteiger partial charge in [0.15, 0.2) is 18.2 Å². The van der Waals surface area contributed by atoms with Crippen LogP contribution in [0.3, 0.4) is 0 Å². The van der Waals surface area contributed by atoms with Crippen LogP contribution in [0.2, 0.25) is 0 Å². The average molecular weight is 564 g/mol. The smallest absolute Gasteiger partial charge is 0.304 e. The lowest BCUT2D eigenvalue weighted by Gasteiger charge is -2.55. The Morgan fingerprint density at radius 3 is 2.39 bits per heavy atom. The molecule has 0 aromatic heterocycles. The van der Waals surface area contributed by atoms with Gasteiger partial charge in [-0.25, -0.2) is 0 Å². The molecule has 0 radical (unpaired) electrons. The van der Waals surface area contributed by atoms with E-state index in [1.54, 1.807) is 0 Å². The van der Waals surface area contributed by atoms with E-state index in [1.165, 1.54) is 36.1 Å². The molecule has 5 atom stereocenters. The number of fused-ring (bicyclic) bond motifs is 4. The number of allylic oxidation sites excluding steroid dienone is 4. The van der Waals surface area contributed by atoms with Gasteiger partial charge in [0.2, 0.25) is 5.78 Å². The van der Waals surface area contributed by atoms with E-state index in [1.807, 2.05) is 20.2 Å². The molecule has 0 N–H and O–H groups in total. The van der Waals surface area contributed by atoms with E-state index in [-0.39, 0.29) is 42.7 Å². The Hall–Kier alpha value is -3.26. The number of anilines is 1. The van der Waals surface area contributed by atoms with Gasteiger partial charge in [-0.3, -0.25) is 19.2 Å². The quantitative estimate of drug-likeness (QED) is 0.246. The highest BCUT2D eigenvalue weighted by atomic mass is 16.7. The van der Waals surface area contributed by atoms with E-state index >= 15 is 0 Å². The first kappa shape index (κ1) is 29.2. The number of ether oxygens (including phenoxy) is 3. The maximum atomic E-state index is 14.0. The third-order valence-electron chi connectivity index (χ3n) is 10.0. The Labute approximate surface area is 242 Å². The van der Waals surface area contributed by atoms with Gasteiger partial charge in [-0.05, 0) is 85.3 Å². The molecule has 0 aliphatic heterocycles. The Balaban J connectivity index is 1.59. The van der Waals surface area contributed by atoms with E-state index in [0.717, 1.165) is 31.4 Å². The van der Waals surface area contributed by atoms with Crippen molar-refractivity contribution in [3.8, 4) is 0 Å². The van der Waals surface area contributed by atoms with Gasteiger partial charge in [0.25, 0.3) is 0 Å². The van der Waals surface area contributed by atoms with Crippen LogP contribution >= 0.6 is 0 Å². The molecule has 1 aromatic carbocycles. The van der Waals surface area contributed by atoms with Gasteiger partial charge in [0.05, 0.1) is 0 Å². The molecule has 0 amide bonds. The molecule has 5 rings (SSSR count). The van der Waals surface area contributed by atoms with Crippen molar-refractivity contribution in [1.29, 1.82) is 0 Å². The van der Waals surface area contributed by atoms with Gasteiger partial charge in [-0.15, -0.1) is 0 Å². The van der Waals surface area contributed by atoms with Crippen LogP contribution in [-0.2, 0) is 33.4 Å². The van der Waals surface area contributed by atoms with Gasteiger partial charge in [-0.1, -0.05) is 24.6 Å². The number of carbonyl (C=O) groups is 4. The number of benzene rings is 1. The standard InChI is InChI=1S/C33H41NO7/c1-20(35)40-19-39-18-30(38)33(41-21(2)36)15-14-29-27-12-8-23-16-25(37)11-13-26(23)31(27)28(17-32(29,33)3)22-6-9-24(10-7-22)34(4)5/h6-7,9-10,16,27-29H,8,11-15,17-19H2,1-5H3/t27?,28?,29?,32-,33+/m0/s1. The average Bonchev–Trinajstić information content (AvgIpc) is 3.22. The molecule has 2 fully saturated rings. The topological polar surface area (TPSA) is 99.2 Å². The highest BCUT2D eigenvalue weighted by molar-refractivity contribution is 5.93. The van der Waals surface area contributed by atoms with Crippen LogP contribution in [0.15, 0.2) is 47.1 Å². The van der Waals surface area contributed by atoms with Gasteiger partial charge < -0.3 is 19.1 Å². The highest BCUT2D eigenvalue weighted by Crippen LogP contribution is 2.67. The molecule has 0 spiro atoms. The summed E-state index contributed by atoms with van der Waals surface area (Å²) in [6.07, 6.45) is 6.69. The Morgan fingerprint density at radius 2 is 1.73 bits per heavy atom. The van der Waals surface area contributed by atoms with Crippen molar-refractivity contribution in [3.63, 3.8) is 0 Å². The van der Waals surface area contributed by atoms with Gasteiger partial charge >= 0.3 is 11.9 Å². The van der Waals surface area contributed by atoms with E-state index in [4.69, 9.17) is 14.2 Å². The summed E-state index contributed by atoms with van der Waals surface area (Å²) >= 11 is 0. The second-order valence-corrected chi connectivity index (χ2v) is 12.5. The maximum absolute atomic E-state index is 14.0. The maximum Gasteiger partial charge on any atom is 0.304 e. The molecule has 0 saturated heterocycles. The van der Waals surface area contributed by atoms with E-state index in [2.05, 4.69) is 36.1 Å². The Kier molecular flexibility index (Phi) is 7.99. The molecule has 2 saturated carbocycles. The normalized spacial score (nSPS) is 30.5. The number of nitrogens with zero attached hydrogens (tertiary/aromatic N) is 1. The van der Waals surface area contributed by atoms with Crippen molar-refractivity contribution in [3.05, 3.63) is 52.6 Å². The molecule has 41 heavy (non-hydrogen) atoms. The summed E-state index contributed by atoms with van der Waals surface area (Å²) in [5.41, 5.74) is 4.21. The minimum absolute atomic E-state index is 0.0205. The summed E-state index contributed by atoms with van der Waals surface area (Å²) in [5.74, 6) is -0.695. The number of Topliss-reactive ketones (excluding diaryl/α,β-unsaturated/α-hetero) is 1. The molecule has 8 nitrogen and oxygen atoms in total. The number of hydrogen-bond donors (Lipinski definition) is 0. The predicted octanol–water partition coefficient (Wildman–Crippen LogP) is 5.06. The first-order valence-electron chi connectivity index (χ1n) is 14.6. The minimum Gasteiger partial charge on any atom is -0.451 e. The lowest BCUT2D eigenvalue weighted by Crippen LogP contribution is -2.58. The fraction of sp³-hybridized carbons (Fsp3) is 0.576. The van der Waals surface area contributed by atoms with Gasteiger partial charge in [0, 0.05) is 51.4 Å². The number of esters is 2. The molecular formula is C33H41NO7. The molecular weight excluding hydrogens is 522 g/mol. The summed E-state index contributed by atoms with van der Waals surface area (Å²) in [5, 5.41) is 0. The first-order valence-corrected chi connectivity index (χ1v) is 14.6. The lowest BCUT2D eigenvalue weighted by atomic mass is 9.50. The van der Waals surface area contributed by atoms with E-state index in [9.17, 15) is 19.2 Å². The number of rotatable bonds is 8. The Bertz CT molecular complexity index is 1310. The monoisotopic (exact) mass is 563 g/mol. The van der Waals surface area contributed by atoms with Crippen molar-refractivity contribution in [1.82, 2.24) is 0 Å². The predicted molar refractivity (Wildman–Crippen MR) is 153 cm³/mol. The van der Waals surface area contributed by atoms with Crippen molar-refractivity contribution in [2.45, 2.75) is 77.2 Å². The summed E-state index contributed by atoms with van der Waals surface area (Å²) in [7, 11) is 4.03. The molecule has 0 heterocycles. The number of hydrogen-bond acceptors (Lipinski definition) is 8. The lowest BCUT2D eigenvalue weighted by molar-refractivity contribution is -0.188. The van der Waals surface area contributed by atoms with Crippen LogP contribution in [-0.4, -0.2) is 56.6 Å². The van der Waals surface area contributed by atoms with Crippen LogP contribution in [0.4, 0.5) is 5.69 Å². The first-order chi connectivity index (χ1) is 19.5. The molecule has 0 bridgehead atoms. The second-order valence-electron chi connectivity index (χ2n) is 12.5. The van der Waals surface area contributed by atoms with E-state index < -0.39 is 23.0 Å². The second kappa shape index (κ2) is 11.2. The van der Waals surface area contributed by atoms with Crippen LogP contribution in [0.25, 0.3) is 0 Å². The van der Waals surface area contributed by atoms with Gasteiger partial charge in [0.1, 0.15) is 6.61 Å². The van der Waals surface area contributed by atoms with Crippen molar-refractivity contribution in [2.75, 3.05) is 32.4 Å². The molecule has 8 heteroatoms. The van der Waals surface area contributed by atoms with Crippen LogP contribution in [0, 0.1) is 17.3 Å². The fourth-order valence-electron chi connectivity index (χ4n) is 8.26. The Morgan fingerprint density at radius 1 is 1.00 bits per heavy atom. The molecule has 3 unspecified atom stereocenters. The largest absolute Gasteiger partial charge is 0.451 e. The molecule has 1 aromatic rings. The SMILES string of the molecule is CC(=O)OCOCC(=O)[C@]1(OC(C)=O)CCC2C3CCC4=CC(=O)CCC4=C3C(c3ccc(N(C)C)cc3)C[C@@]21C. The third kappa shape index (κ3) is 5.16. The number of ketones is 2. The zero-order valence-corrected chi connectivity index (χ0v) is 24.8. The molecule has 220 valence electrons. The molecule has 4 aliphatic rings. The molecule has 4 aliphatic carbocycles. The zero-order chi connectivity index (χ0) is 29.5. The van der Waals surface area contributed by atoms with Crippen LogP contribution in [0.1, 0.15) is 77.2 Å². The summed E-state index contributed by atoms with van der Waals surface area (Å²) in [6.45, 7) is 4.12. The zero-order valence-electron chi connectivity index (χ0n) is 24.8. The van der Waals surface area contributed by atoms with Crippen molar-refractivity contribution in [2.24, 2.45) is 17.3 Å². The number of carbonyl (C=O) groups excluding carboxylic acids is 4. The van der Waals surface area contributed by atoms with Crippen LogP contribution in [0.5, 0.6) is 0 Å². The summed E-state index contributed by atoms with van der Waals surface area (Å²) < 4.78 is 16.4. The summed E-state index contributed by atoms with van der Waals surface area (Å²) in [4.78, 5) is 52.1. The van der Waals surface area contributed by atoms with Crippen molar-refractivity contribution >= 4 is 29.2 Å². The highest BCUT2D eigenvalue weighted by Gasteiger charge is 2.68. The third-order valence-corrected chi connectivity index (χ3v) is 10.0.